The molecule has 88 valence electrons. The summed E-state index contributed by atoms with van der Waals surface area (Å²) in [6.45, 7) is -0.236. The number of rotatable bonds is 3. The van der Waals surface area contributed by atoms with E-state index in [4.69, 9.17) is 10.8 Å². The molecule has 0 saturated heterocycles. The molecule has 2 rings (SSSR count). The molecule has 0 spiro atoms. The Morgan fingerprint density at radius 1 is 1.47 bits per heavy atom. The lowest BCUT2D eigenvalue weighted by atomic mass is 10.2. The fourth-order valence-corrected chi connectivity index (χ4v) is 1.87. The molecule has 0 radical (unpaired) electrons. The van der Waals surface area contributed by atoms with Gasteiger partial charge in [0.25, 0.3) is 0 Å². The van der Waals surface area contributed by atoms with Crippen molar-refractivity contribution in [2.75, 3.05) is 5.73 Å². The first kappa shape index (κ1) is 11.7. The van der Waals surface area contributed by atoms with Gasteiger partial charge in [0.2, 0.25) is 0 Å². The molecule has 17 heavy (non-hydrogen) atoms. The first-order valence-electron chi connectivity index (χ1n) is 4.87. The summed E-state index contributed by atoms with van der Waals surface area (Å²) in [5.41, 5.74) is 7.23. The molecule has 0 amide bonds. The van der Waals surface area contributed by atoms with Crippen molar-refractivity contribution < 1.29 is 9.90 Å². The van der Waals surface area contributed by atoms with Gasteiger partial charge < -0.3 is 10.8 Å². The number of hydrogen-bond donors (Lipinski definition) is 2. The van der Waals surface area contributed by atoms with Gasteiger partial charge in [0.1, 0.15) is 12.4 Å². The molecule has 1 heterocycles. The molecule has 0 saturated carbocycles. The average Bonchev–Trinajstić information content (AvgIpc) is 2.59. The zero-order valence-corrected chi connectivity index (χ0v) is 10.4. The smallest absolute Gasteiger partial charge is 0.325 e. The van der Waals surface area contributed by atoms with Gasteiger partial charge in [-0.15, -0.1) is 0 Å². The highest BCUT2D eigenvalue weighted by Crippen LogP contribution is 2.23. The van der Waals surface area contributed by atoms with E-state index in [-0.39, 0.29) is 6.54 Å². The van der Waals surface area contributed by atoms with Crippen molar-refractivity contribution in [1.29, 1.82) is 0 Å². The molecule has 0 bridgehead atoms. The summed E-state index contributed by atoms with van der Waals surface area (Å²) in [7, 11) is 0. The number of aromatic nitrogens is 2. The molecule has 0 aliphatic rings. The fraction of sp³-hybridized carbons (Fsp3) is 0.0909. The van der Waals surface area contributed by atoms with Gasteiger partial charge in [-0.2, -0.15) is 5.10 Å². The van der Waals surface area contributed by atoms with Crippen LogP contribution in [-0.4, -0.2) is 20.9 Å². The number of halogens is 1. The molecule has 0 fully saturated rings. The summed E-state index contributed by atoms with van der Waals surface area (Å²) in [6, 6.07) is 9.22. The van der Waals surface area contributed by atoms with E-state index in [1.54, 1.807) is 6.07 Å². The maximum absolute atomic E-state index is 10.6. The Bertz CT molecular complexity index is 566. The maximum atomic E-state index is 10.6. The summed E-state index contributed by atoms with van der Waals surface area (Å²) in [5.74, 6) is -0.636. The summed E-state index contributed by atoms with van der Waals surface area (Å²) < 4.78 is 2.19. The number of anilines is 1. The van der Waals surface area contributed by atoms with Gasteiger partial charge >= 0.3 is 5.97 Å². The van der Waals surface area contributed by atoms with Crippen LogP contribution in [0.3, 0.4) is 0 Å². The van der Waals surface area contributed by atoms with Gasteiger partial charge in [-0.3, -0.25) is 4.79 Å². The van der Waals surface area contributed by atoms with Crippen LogP contribution in [0.25, 0.3) is 11.3 Å². The Balaban J connectivity index is 2.37. The van der Waals surface area contributed by atoms with Crippen LogP contribution in [0.1, 0.15) is 0 Å². The summed E-state index contributed by atoms with van der Waals surface area (Å²) in [4.78, 5) is 10.6. The van der Waals surface area contributed by atoms with E-state index in [0.717, 1.165) is 10.0 Å². The zero-order valence-electron chi connectivity index (χ0n) is 8.80. The molecule has 1 aromatic heterocycles. The molecule has 1 aromatic carbocycles. The normalized spacial score (nSPS) is 10.4. The Hall–Kier alpha value is -1.82. The van der Waals surface area contributed by atoms with Crippen LogP contribution in [0.4, 0.5) is 5.82 Å². The predicted molar refractivity (Wildman–Crippen MR) is 67.4 cm³/mol. The molecule has 2 aromatic rings. The lowest BCUT2D eigenvalue weighted by molar-refractivity contribution is -0.137. The van der Waals surface area contributed by atoms with E-state index in [9.17, 15) is 4.79 Å². The number of hydrogen-bond acceptors (Lipinski definition) is 3. The quantitative estimate of drug-likeness (QED) is 0.907. The van der Waals surface area contributed by atoms with Gasteiger partial charge in [0.15, 0.2) is 0 Å². The lowest BCUT2D eigenvalue weighted by Gasteiger charge is -1.98. The van der Waals surface area contributed by atoms with E-state index < -0.39 is 5.97 Å². The third-order valence-corrected chi connectivity index (χ3v) is 2.71. The van der Waals surface area contributed by atoms with Crippen LogP contribution in [0.5, 0.6) is 0 Å². The van der Waals surface area contributed by atoms with Crippen molar-refractivity contribution in [3.8, 4) is 11.3 Å². The molecular formula is C11H10BrN3O2. The second-order valence-electron chi connectivity index (χ2n) is 3.52. The number of carbonyl (C=O) groups is 1. The highest BCUT2D eigenvalue weighted by atomic mass is 79.9. The SMILES string of the molecule is Nc1cc(-c2cccc(Br)c2)nn1CC(=O)O. The first-order chi connectivity index (χ1) is 8.06. The number of nitrogens with zero attached hydrogens (tertiary/aromatic N) is 2. The minimum Gasteiger partial charge on any atom is -0.480 e. The Kier molecular flexibility index (Phi) is 3.14. The molecule has 6 heteroatoms. The van der Waals surface area contributed by atoms with Gasteiger partial charge in [-0.1, -0.05) is 28.1 Å². The largest absolute Gasteiger partial charge is 0.480 e. The van der Waals surface area contributed by atoms with Crippen LogP contribution >= 0.6 is 15.9 Å². The lowest BCUT2D eigenvalue weighted by Crippen LogP contribution is -2.12. The molecule has 0 aliphatic carbocycles. The van der Waals surface area contributed by atoms with Gasteiger partial charge in [0, 0.05) is 16.1 Å². The van der Waals surface area contributed by atoms with Crippen molar-refractivity contribution in [3.05, 3.63) is 34.8 Å². The molecule has 0 atom stereocenters. The average molecular weight is 296 g/mol. The predicted octanol–water partition coefficient (Wildman–Crippen LogP) is 1.98. The number of carboxylic acids is 1. The molecule has 0 unspecified atom stereocenters. The number of nitrogen functional groups attached to an aromatic ring is 1. The van der Waals surface area contributed by atoms with Crippen LogP contribution in [0, 0.1) is 0 Å². The van der Waals surface area contributed by atoms with Crippen LogP contribution < -0.4 is 5.73 Å². The third kappa shape index (κ3) is 2.65. The first-order valence-corrected chi connectivity index (χ1v) is 5.66. The summed E-state index contributed by atoms with van der Waals surface area (Å²) in [6.07, 6.45) is 0. The minimum atomic E-state index is -0.972. The second kappa shape index (κ2) is 4.58. The van der Waals surface area contributed by atoms with Crippen molar-refractivity contribution in [3.63, 3.8) is 0 Å². The molecular weight excluding hydrogens is 286 g/mol. The van der Waals surface area contributed by atoms with Gasteiger partial charge in [-0.25, -0.2) is 4.68 Å². The van der Waals surface area contributed by atoms with Crippen molar-refractivity contribution >= 4 is 27.7 Å². The molecule has 0 aliphatic heterocycles. The third-order valence-electron chi connectivity index (χ3n) is 2.22. The zero-order chi connectivity index (χ0) is 12.4. The summed E-state index contributed by atoms with van der Waals surface area (Å²) in [5, 5.41) is 12.8. The van der Waals surface area contributed by atoms with Crippen molar-refractivity contribution in [2.24, 2.45) is 0 Å². The van der Waals surface area contributed by atoms with Crippen LogP contribution in [0.2, 0.25) is 0 Å². The number of nitrogens with two attached hydrogens (primary N) is 1. The van der Waals surface area contributed by atoms with Crippen LogP contribution in [0.15, 0.2) is 34.8 Å². The van der Waals surface area contributed by atoms with Crippen LogP contribution in [-0.2, 0) is 11.3 Å². The van der Waals surface area contributed by atoms with Gasteiger partial charge in [0.05, 0.1) is 5.69 Å². The van der Waals surface area contributed by atoms with E-state index in [1.165, 1.54) is 4.68 Å². The minimum absolute atomic E-state index is 0.236. The number of carboxylic acid groups (broad SMARTS) is 1. The van der Waals surface area contributed by atoms with E-state index in [0.29, 0.717) is 11.5 Å². The Labute approximate surface area is 106 Å². The summed E-state index contributed by atoms with van der Waals surface area (Å²) >= 11 is 3.37. The van der Waals surface area contributed by atoms with E-state index in [1.807, 2.05) is 24.3 Å². The number of aliphatic carboxylic acids is 1. The second-order valence-corrected chi connectivity index (χ2v) is 4.43. The molecule has 3 N–H and O–H groups in total. The number of benzene rings is 1. The topological polar surface area (TPSA) is 81.1 Å². The fourth-order valence-electron chi connectivity index (χ4n) is 1.47. The van der Waals surface area contributed by atoms with Crippen molar-refractivity contribution in [1.82, 2.24) is 9.78 Å². The standard InChI is InChI=1S/C11H10BrN3O2/c12-8-3-1-2-7(4-8)9-5-10(13)15(14-9)6-11(16)17/h1-5H,6,13H2,(H,16,17). The highest BCUT2D eigenvalue weighted by Gasteiger charge is 2.09. The highest BCUT2D eigenvalue weighted by molar-refractivity contribution is 9.10. The monoisotopic (exact) mass is 295 g/mol. The maximum Gasteiger partial charge on any atom is 0.325 e. The van der Waals surface area contributed by atoms with Gasteiger partial charge in [-0.05, 0) is 12.1 Å². The Morgan fingerprint density at radius 3 is 2.88 bits per heavy atom. The Morgan fingerprint density at radius 2 is 2.24 bits per heavy atom. The van der Waals surface area contributed by atoms with E-state index >= 15 is 0 Å². The molecule has 5 nitrogen and oxygen atoms in total. The van der Waals surface area contributed by atoms with E-state index in [2.05, 4.69) is 21.0 Å². The van der Waals surface area contributed by atoms with Crippen molar-refractivity contribution in [2.45, 2.75) is 6.54 Å².